The van der Waals surface area contributed by atoms with Crippen LogP contribution in [-0.2, 0) is 19.1 Å². The molecular weight excluding hydrogens is 457 g/mol. The van der Waals surface area contributed by atoms with Gasteiger partial charge < -0.3 is 14.4 Å². The second-order valence-electron chi connectivity index (χ2n) is 8.29. The molecule has 0 N–H and O–H groups in total. The zero-order valence-electron chi connectivity index (χ0n) is 19.3. The Morgan fingerprint density at radius 2 is 1.66 bits per heavy atom. The number of methoxy groups -OCH3 is 1. The van der Waals surface area contributed by atoms with Gasteiger partial charge in [0.1, 0.15) is 11.9 Å². The second-order valence-corrected chi connectivity index (χ2v) is 8.29. The number of rotatable bonds is 7. The molecular formula is C25H26FN3O6. The Kier molecular flexibility index (Phi) is 7.52. The first-order valence-electron chi connectivity index (χ1n) is 11.3. The average Bonchev–Trinajstić information content (AvgIpc) is 3.18. The number of nitrogens with zero attached hydrogens (tertiary/aromatic N) is 3. The van der Waals surface area contributed by atoms with Gasteiger partial charge in [-0.1, -0.05) is 0 Å². The van der Waals surface area contributed by atoms with Crippen molar-refractivity contribution >= 4 is 29.4 Å². The van der Waals surface area contributed by atoms with Crippen molar-refractivity contribution in [3.63, 3.8) is 0 Å². The number of hydrogen-bond acceptors (Lipinski definition) is 7. The van der Waals surface area contributed by atoms with E-state index in [0.29, 0.717) is 38.5 Å². The maximum atomic E-state index is 13.4. The number of halogens is 1. The molecule has 4 rings (SSSR count). The summed E-state index contributed by atoms with van der Waals surface area (Å²) < 4.78 is 23.5. The lowest BCUT2D eigenvalue weighted by Crippen LogP contribution is -2.49. The number of esters is 1. The van der Waals surface area contributed by atoms with E-state index < -0.39 is 35.5 Å². The van der Waals surface area contributed by atoms with Gasteiger partial charge >= 0.3 is 5.97 Å². The molecule has 2 fully saturated rings. The minimum atomic E-state index is -0.999. The molecule has 0 saturated carbocycles. The molecule has 2 aliphatic heterocycles. The number of hydrogen-bond donors (Lipinski definition) is 0. The van der Waals surface area contributed by atoms with E-state index >= 15 is 0 Å². The van der Waals surface area contributed by atoms with Crippen LogP contribution in [0.3, 0.4) is 0 Å². The highest BCUT2D eigenvalue weighted by molar-refractivity contribution is 6.23. The number of benzene rings is 2. The van der Waals surface area contributed by atoms with Crippen molar-refractivity contribution in [1.82, 2.24) is 9.80 Å². The Balaban J connectivity index is 1.57. The first-order chi connectivity index (χ1) is 16.9. The summed E-state index contributed by atoms with van der Waals surface area (Å²) in [4.78, 5) is 55.9. The molecule has 3 amide bonds. The fourth-order valence-corrected chi connectivity index (χ4v) is 4.23. The number of anilines is 1. The zero-order valence-corrected chi connectivity index (χ0v) is 19.3. The Morgan fingerprint density at radius 1 is 1.03 bits per heavy atom. The standard InChI is InChI=1S/C25H26FN3O6/c1-34-25(33)18-4-8-20(9-5-18)29-22(30)16-21(24(29)32)28(11-10-27-12-14-35-15-13-27)23(31)17-2-6-19(26)7-3-17/h2-9,21H,10-16H2,1H3. The van der Waals surface area contributed by atoms with Gasteiger partial charge in [-0.25, -0.2) is 14.1 Å². The minimum Gasteiger partial charge on any atom is -0.465 e. The summed E-state index contributed by atoms with van der Waals surface area (Å²) in [5, 5.41) is 0. The van der Waals surface area contributed by atoms with Crippen LogP contribution in [0.2, 0.25) is 0 Å². The summed E-state index contributed by atoms with van der Waals surface area (Å²) in [6, 6.07) is 10.0. The number of carbonyl (C=O) groups is 4. The van der Waals surface area contributed by atoms with Gasteiger partial charge in [0.05, 0.1) is 38.0 Å². The van der Waals surface area contributed by atoms with E-state index in [9.17, 15) is 23.6 Å². The van der Waals surface area contributed by atoms with Crippen molar-refractivity contribution in [2.24, 2.45) is 0 Å². The monoisotopic (exact) mass is 483 g/mol. The lowest BCUT2D eigenvalue weighted by Gasteiger charge is -2.32. The molecule has 0 bridgehead atoms. The van der Waals surface area contributed by atoms with Crippen LogP contribution in [0.5, 0.6) is 0 Å². The number of ether oxygens (including phenoxy) is 2. The first-order valence-corrected chi connectivity index (χ1v) is 11.3. The summed E-state index contributed by atoms with van der Waals surface area (Å²) >= 11 is 0. The fraction of sp³-hybridized carbons (Fsp3) is 0.360. The van der Waals surface area contributed by atoms with Gasteiger partial charge in [-0.05, 0) is 48.5 Å². The zero-order chi connectivity index (χ0) is 24.9. The molecule has 10 heteroatoms. The Bertz CT molecular complexity index is 1100. The van der Waals surface area contributed by atoms with Crippen molar-refractivity contribution in [2.45, 2.75) is 12.5 Å². The third kappa shape index (κ3) is 5.39. The molecule has 0 spiro atoms. The lowest BCUT2D eigenvalue weighted by molar-refractivity contribution is -0.122. The van der Waals surface area contributed by atoms with Crippen molar-refractivity contribution in [2.75, 3.05) is 51.4 Å². The van der Waals surface area contributed by atoms with Crippen molar-refractivity contribution < 1.29 is 33.0 Å². The fourth-order valence-electron chi connectivity index (χ4n) is 4.23. The third-order valence-electron chi connectivity index (χ3n) is 6.16. The molecule has 0 radical (unpaired) electrons. The average molecular weight is 483 g/mol. The summed E-state index contributed by atoms with van der Waals surface area (Å²) in [5.41, 5.74) is 0.817. The Labute approximate surface area is 202 Å². The van der Waals surface area contributed by atoms with Crippen LogP contribution in [0, 0.1) is 5.82 Å². The van der Waals surface area contributed by atoms with E-state index in [0.717, 1.165) is 4.90 Å². The van der Waals surface area contributed by atoms with Crippen molar-refractivity contribution in [1.29, 1.82) is 0 Å². The summed E-state index contributed by atoms with van der Waals surface area (Å²) in [6.45, 7) is 3.30. The number of amides is 3. The van der Waals surface area contributed by atoms with E-state index in [1.54, 1.807) is 0 Å². The van der Waals surface area contributed by atoms with E-state index in [1.807, 2.05) is 0 Å². The van der Waals surface area contributed by atoms with Gasteiger partial charge in [0.15, 0.2) is 0 Å². The predicted molar refractivity (Wildman–Crippen MR) is 123 cm³/mol. The van der Waals surface area contributed by atoms with Crippen LogP contribution < -0.4 is 4.90 Å². The second kappa shape index (κ2) is 10.7. The van der Waals surface area contributed by atoms with Crippen molar-refractivity contribution in [3.05, 3.63) is 65.5 Å². The van der Waals surface area contributed by atoms with Crippen LogP contribution in [0.4, 0.5) is 10.1 Å². The largest absolute Gasteiger partial charge is 0.465 e. The number of morpholine rings is 1. The maximum absolute atomic E-state index is 13.4. The molecule has 2 aromatic carbocycles. The molecule has 35 heavy (non-hydrogen) atoms. The molecule has 1 unspecified atom stereocenters. The predicted octanol–water partition coefficient (Wildman–Crippen LogP) is 1.72. The van der Waals surface area contributed by atoms with Crippen LogP contribution in [0.25, 0.3) is 0 Å². The molecule has 1 atom stereocenters. The molecule has 0 aliphatic carbocycles. The quantitative estimate of drug-likeness (QED) is 0.437. The summed E-state index contributed by atoms with van der Waals surface area (Å²) in [5.74, 6) is -2.44. The van der Waals surface area contributed by atoms with Crippen LogP contribution in [0.1, 0.15) is 27.1 Å². The molecule has 2 saturated heterocycles. The van der Waals surface area contributed by atoms with Gasteiger partial charge in [-0.15, -0.1) is 0 Å². The molecule has 9 nitrogen and oxygen atoms in total. The topological polar surface area (TPSA) is 96.5 Å². The van der Waals surface area contributed by atoms with E-state index in [1.165, 1.54) is 60.5 Å². The molecule has 2 heterocycles. The Morgan fingerprint density at radius 3 is 2.29 bits per heavy atom. The minimum absolute atomic E-state index is 0.173. The highest BCUT2D eigenvalue weighted by Gasteiger charge is 2.44. The molecule has 0 aromatic heterocycles. The van der Waals surface area contributed by atoms with Crippen LogP contribution in [0.15, 0.2) is 48.5 Å². The summed E-state index contributed by atoms with van der Waals surface area (Å²) in [7, 11) is 1.26. The SMILES string of the molecule is COC(=O)c1ccc(N2C(=O)CC(N(CCN3CCOCC3)C(=O)c3ccc(F)cc3)C2=O)cc1. The lowest BCUT2D eigenvalue weighted by atomic mass is 10.1. The van der Waals surface area contributed by atoms with Crippen LogP contribution >= 0.6 is 0 Å². The van der Waals surface area contributed by atoms with Gasteiger partial charge in [0.2, 0.25) is 5.91 Å². The van der Waals surface area contributed by atoms with Gasteiger partial charge in [-0.2, -0.15) is 0 Å². The molecule has 184 valence electrons. The van der Waals surface area contributed by atoms with E-state index in [4.69, 9.17) is 4.74 Å². The van der Waals surface area contributed by atoms with Gasteiger partial charge in [-0.3, -0.25) is 19.3 Å². The third-order valence-corrected chi connectivity index (χ3v) is 6.16. The first kappa shape index (κ1) is 24.5. The van der Waals surface area contributed by atoms with E-state index in [2.05, 4.69) is 9.64 Å². The molecule has 2 aromatic rings. The van der Waals surface area contributed by atoms with Gasteiger partial charge in [0, 0.05) is 31.7 Å². The van der Waals surface area contributed by atoms with Crippen molar-refractivity contribution in [3.8, 4) is 0 Å². The highest BCUT2D eigenvalue weighted by atomic mass is 19.1. The maximum Gasteiger partial charge on any atom is 0.337 e. The normalized spacial score (nSPS) is 18.6. The highest BCUT2D eigenvalue weighted by Crippen LogP contribution is 2.27. The number of imide groups is 1. The van der Waals surface area contributed by atoms with E-state index in [-0.39, 0.29) is 24.1 Å². The van der Waals surface area contributed by atoms with Gasteiger partial charge in [0.25, 0.3) is 11.8 Å². The van der Waals surface area contributed by atoms with Crippen LogP contribution in [-0.4, -0.2) is 86.0 Å². The summed E-state index contributed by atoms with van der Waals surface area (Å²) in [6.07, 6.45) is -0.173. The Hall–Kier alpha value is -3.63. The molecule has 2 aliphatic rings. The number of carbonyl (C=O) groups excluding carboxylic acids is 4. The smallest absolute Gasteiger partial charge is 0.337 e.